The van der Waals surface area contributed by atoms with Gasteiger partial charge in [-0.15, -0.1) is 0 Å². The summed E-state index contributed by atoms with van der Waals surface area (Å²) in [6.07, 6.45) is 1.87. The first-order chi connectivity index (χ1) is 8.16. The van der Waals surface area contributed by atoms with Crippen LogP contribution < -0.4 is 10.6 Å². The normalized spacial score (nSPS) is 20.1. The van der Waals surface area contributed by atoms with Crippen LogP contribution in [0.3, 0.4) is 0 Å². The van der Waals surface area contributed by atoms with Crippen LogP contribution in [0.2, 0.25) is 10.0 Å². The standard InChI is InChI=1S/C12H14Cl2N2O/c13-9-3-4-10(14)8(6-9)7-16-11-2-1-5-15-12(11)17/h3-4,6,11,16H,1-2,5,7H2,(H,15,17). The van der Waals surface area contributed by atoms with E-state index in [1.807, 2.05) is 6.07 Å². The van der Waals surface area contributed by atoms with Crippen LogP contribution in [-0.2, 0) is 11.3 Å². The van der Waals surface area contributed by atoms with Gasteiger partial charge in [-0.25, -0.2) is 0 Å². The summed E-state index contributed by atoms with van der Waals surface area (Å²) in [7, 11) is 0. The first-order valence-electron chi connectivity index (χ1n) is 5.62. The molecule has 0 aromatic heterocycles. The number of hydrogen-bond acceptors (Lipinski definition) is 2. The lowest BCUT2D eigenvalue weighted by Crippen LogP contribution is -2.47. The molecule has 1 aromatic rings. The second-order valence-electron chi connectivity index (χ2n) is 4.10. The monoisotopic (exact) mass is 272 g/mol. The molecule has 1 aliphatic heterocycles. The third kappa shape index (κ3) is 3.35. The van der Waals surface area contributed by atoms with E-state index < -0.39 is 0 Å². The van der Waals surface area contributed by atoms with Gasteiger partial charge in [0.05, 0.1) is 6.04 Å². The lowest BCUT2D eigenvalue weighted by atomic mass is 10.1. The highest BCUT2D eigenvalue weighted by atomic mass is 35.5. The van der Waals surface area contributed by atoms with Crippen molar-refractivity contribution in [3.05, 3.63) is 33.8 Å². The van der Waals surface area contributed by atoms with Crippen molar-refractivity contribution in [3.63, 3.8) is 0 Å². The first-order valence-corrected chi connectivity index (χ1v) is 6.37. The molecule has 2 rings (SSSR count). The van der Waals surface area contributed by atoms with E-state index in [9.17, 15) is 4.79 Å². The highest BCUT2D eigenvalue weighted by molar-refractivity contribution is 6.33. The van der Waals surface area contributed by atoms with Crippen LogP contribution in [0.25, 0.3) is 0 Å². The van der Waals surface area contributed by atoms with Crippen molar-refractivity contribution in [3.8, 4) is 0 Å². The largest absolute Gasteiger partial charge is 0.355 e. The van der Waals surface area contributed by atoms with Crippen molar-refractivity contribution in [1.29, 1.82) is 0 Å². The molecular weight excluding hydrogens is 259 g/mol. The van der Waals surface area contributed by atoms with E-state index in [0.29, 0.717) is 16.6 Å². The molecule has 1 aliphatic rings. The maximum Gasteiger partial charge on any atom is 0.237 e. The quantitative estimate of drug-likeness (QED) is 0.887. The topological polar surface area (TPSA) is 41.1 Å². The summed E-state index contributed by atoms with van der Waals surface area (Å²) in [5.74, 6) is 0.0643. The van der Waals surface area contributed by atoms with Gasteiger partial charge in [0.1, 0.15) is 0 Å². The molecule has 0 bridgehead atoms. The van der Waals surface area contributed by atoms with Gasteiger partial charge in [0.15, 0.2) is 0 Å². The van der Waals surface area contributed by atoms with Crippen LogP contribution in [0.5, 0.6) is 0 Å². The molecule has 1 saturated heterocycles. The molecule has 1 amide bonds. The molecule has 1 fully saturated rings. The maximum absolute atomic E-state index is 11.5. The fraction of sp³-hybridized carbons (Fsp3) is 0.417. The van der Waals surface area contributed by atoms with E-state index in [0.717, 1.165) is 24.9 Å². The molecule has 1 unspecified atom stereocenters. The smallest absolute Gasteiger partial charge is 0.237 e. The van der Waals surface area contributed by atoms with Gasteiger partial charge in [-0.2, -0.15) is 0 Å². The van der Waals surface area contributed by atoms with Gasteiger partial charge in [0, 0.05) is 23.1 Å². The van der Waals surface area contributed by atoms with Crippen LogP contribution in [-0.4, -0.2) is 18.5 Å². The fourth-order valence-electron chi connectivity index (χ4n) is 1.88. The number of rotatable bonds is 3. The molecule has 0 saturated carbocycles. The van der Waals surface area contributed by atoms with Crippen LogP contribution in [0.4, 0.5) is 0 Å². The molecule has 92 valence electrons. The Labute approximate surface area is 110 Å². The van der Waals surface area contributed by atoms with Gasteiger partial charge in [-0.05, 0) is 36.6 Å². The Morgan fingerprint density at radius 2 is 2.24 bits per heavy atom. The molecule has 0 spiro atoms. The minimum absolute atomic E-state index is 0.0643. The third-order valence-corrected chi connectivity index (χ3v) is 3.44. The zero-order valence-corrected chi connectivity index (χ0v) is 10.8. The minimum Gasteiger partial charge on any atom is -0.355 e. The van der Waals surface area contributed by atoms with Gasteiger partial charge in [0.2, 0.25) is 5.91 Å². The highest BCUT2D eigenvalue weighted by Crippen LogP contribution is 2.20. The average molecular weight is 273 g/mol. The SMILES string of the molecule is O=C1NCCCC1NCc1cc(Cl)ccc1Cl. The molecule has 17 heavy (non-hydrogen) atoms. The molecule has 1 atom stereocenters. The number of nitrogens with one attached hydrogen (secondary N) is 2. The van der Waals surface area contributed by atoms with Gasteiger partial charge < -0.3 is 10.6 Å². The van der Waals surface area contributed by atoms with Crippen LogP contribution in [0, 0.1) is 0 Å². The molecule has 1 aromatic carbocycles. The molecule has 2 N–H and O–H groups in total. The summed E-state index contributed by atoms with van der Waals surface area (Å²) in [4.78, 5) is 11.5. The van der Waals surface area contributed by atoms with Gasteiger partial charge in [-0.3, -0.25) is 4.79 Å². The molecular formula is C12H14Cl2N2O. The molecule has 0 radical (unpaired) electrons. The van der Waals surface area contributed by atoms with E-state index in [1.165, 1.54) is 0 Å². The summed E-state index contributed by atoms with van der Waals surface area (Å²) in [6.45, 7) is 1.33. The Kier molecular flexibility index (Phi) is 4.26. The Balaban J connectivity index is 1.97. The summed E-state index contributed by atoms with van der Waals surface area (Å²) in [5, 5.41) is 7.35. The van der Waals surface area contributed by atoms with Crippen LogP contribution in [0.15, 0.2) is 18.2 Å². The van der Waals surface area contributed by atoms with E-state index in [-0.39, 0.29) is 11.9 Å². The van der Waals surface area contributed by atoms with Gasteiger partial charge >= 0.3 is 0 Å². The van der Waals surface area contributed by atoms with Crippen molar-refractivity contribution < 1.29 is 4.79 Å². The minimum atomic E-state index is -0.126. The average Bonchev–Trinajstić information content (AvgIpc) is 2.32. The van der Waals surface area contributed by atoms with Gasteiger partial charge in [0.25, 0.3) is 0 Å². The van der Waals surface area contributed by atoms with Crippen molar-refractivity contribution in [2.75, 3.05) is 6.54 Å². The summed E-state index contributed by atoms with van der Waals surface area (Å²) < 4.78 is 0. The molecule has 1 heterocycles. The second-order valence-corrected chi connectivity index (χ2v) is 4.95. The number of hydrogen-bond donors (Lipinski definition) is 2. The van der Waals surface area contributed by atoms with Crippen molar-refractivity contribution >= 4 is 29.1 Å². The molecule has 5 heteroatoms. The number of amides is 1. The summed E-state index contributed by atoms with van der Waals surface area (Å²) >= 11 is 12.0. The number of carbonyl (C=O) groups is 1. The van der Waals surface area contributed by atoms with E-state index >= 15 is 0 Å². The second kappa shape index (κ2) is 5.71. The van der Waals surface area contributed by atoms with Gasteiger partial charge in [-0.1, -0.05) is 23.2 Å². The Morgan fingerprint density at radius 1 is 1.41 bits per heavy atom. The Hall–Kier alpha value is -0.770. The van der Waals surface area contributed by atoms with E-state index in [2.05, 4.69) is 10.6 Å². The Morgan fingerprint density at radius 3 is 3.00 bits per heavy atom. The summed E-state index contributed by atoms with van der Waals surface area (Å²) in [5.41, 5.74) is 0.914. The zero-order valence-electron chi connectivity index (χ0n) is 9.30. The fourth-order valence-corrected chi connectivity index (χ4v) is 2.26. The van der Waals surface area contributed by atoms with E-state index in [1.54, 1.807) is 12.1 Å². The zero-order chi connectivity index (χ0) is 12.3. The summed E-state index contributed by atoms with van der Waals surface area (Å²) in [6, 6.07) is 5.21. The van der Waals surface area contributed by atoms with Crippen molar-refractivity contribution in [1.82, 2.24) is 10.6 Å². The third-order valence-electron chi connectivity index (χ3n) is 2.83. The first kappa shape index (κ1) is 12.7. The lowest BCUT2D eigenvalue weighted by Gasteiger charge is -2.23. The maximum atomic E-state index is 11.5. The highest BCUT2D eigenvalue weighted by Gasteiger charge is 2.21. The lowest BCUT2D eigenvalue weighted by molar-refractivity contribution is -0.124. The number of benzene rings is 1. The predicted octanol–water partition coefficient (Wildman–Crippen LogP) is 2.36. The molecule has 3 nitrogen and oxygen atoms in total. The van der Waals surface area contributed by atoms with Crippen LogP contribution >= 0.6 is 23.2 Å². The van der Waals surface area contributed by atoms with Crippen molar-refractivity contribution in [2.45, 2.75) is 25.4 Å². The predicted molar refractivity (Wildman–Crippen MR) is 69.3 cm³/mol. The van der Waals surface area contributed by atoms with Crippen molar-refractivity contribution in [2.24, 2.45) is 0 Å². The number of piperidine rings is 1. The van der Waals surface area contributed by atoms with Crippen LogP contribution in [0.1, 0.15) is 18.4 Å². The molecule has 0 aliphatic carbocycles. The Bertz CT molecular complexity index is 423. The number of carbonyl (C=O) groups excluding carboxylic acids is 1. The van der Waals surface area contributed by atoms with E-state index in [4.69, 9.17) is 23.2 Å². The number of halogens is 2.